The highest BCUT2D eigenvalue weighted by molar-refractivity contribution is 5.65. The average molecular weight is 503 g/mol. The van der Waals surface area contributed by atoms with Crippen LogP contribution in [-0.2, 0) is 38.3 Å². The summed E-state index contributed by atoms with van der Waals surface area (Å²) in [4.78, 5) is 12.8. The molecule has 1 N–H and O–H groups in total. The SMILES string of the molecule is CCC(CC)Oc1cc2c(cc1CN(Cc1cc(C(F)(F)F)cc(C(F)(F)F)c1)C(=O)O)CCC2. The third-order valence-corrected chi connectivity index (χ3v) is 6.13. The van der Waals surface area contributed by atoms with Crippen LogP contribution in [-0.4, -0.2) is 22.2 Å². The number of benzene rings is 2. The van der Waals surface area contributed by atoms with Crippen LogP contribution in [0.15, 0.2) is 30.3 Å². The van der Waals surface area contributed by atoms with E-state index in [1.54, 1.807) is 0 Å². The summed E-state index contributed by atoms with van der Waals surface area (Å²) in [6, 6.07) is 4.84. The third-order valence-electron chi connectivity index (χ3n) is 6.13. The minimum Gasteiger partial charge on any atom is -0.490 e. The van der Waals surface area contributed by atoms with Gasteiger partial charge in [-0.05, 0) is 73.1 Å². The summed E-state index contributed by atoms with van der Waals surface area (Å²) in [6.07, 6.45) is -7.54. The van der Waals surface area contributed by atoms with Gasteiger partial charge in [0.15, 0.2) is 0 Å². The number of hydrogen-bond acceptors (Lipinski definition) is 2. The van der Waals surface area contributed by atoms with E-state index in [1.165, 1.54) is 0 Å². The summed E-state index contributed by atoms with van der Waals surface area (Å²) in [5.41, 5.74) is -0.697. The molecular weight excluding hydrogens is 476 g/mol. The van der Waals surface area contributed by atoms with Gasteiger partial charge in [0.25, 0.3) is 0 Å². The van der Waals surface area contributed by atoms with Gasteiger partial charge in [0.05, 0.1) is 23.8 Å². The molecule has 0 spiro atoms. The lowest BCUT2D eigenvalue weighted by Crippen LogP contribution is -2.29. The maximum absolute atomic E-state index is 13.2. The minimum atomic E-state index is -5.01. The van der Waals surface area contributed by atoms with Crippen LogP contribution in [0.25, 0.3) is 0 Å². The topological polar surface area (TPSA) is 49.8 Å². The lowest BCUT2D eigenvalue weighted by Gasteiger charge is -2.25. The van der Waals surface area contributed by atoms with E-state index in [9.17, 15) is 36.2 Å². The number of aryl methyl sites for hydroxylation is 2. The average Bonchev–Trinajstić information content (AvgIpc) is 3.22. The molecule has 0 aromatic heterocycles. The van der Waals surface area contributed by atoms with Crippen LogP contribution in [0.1, 0.15) is 66.5 Å². The number of halogens is 6. The molecule has 1 amide bonds. The van der Waals surface area contributed by atoms with Gasteiger partial charge >= 0.3 is 18.4 Å². The van der Waals surface area contributed by atoms with Crippen LogP contribution in [0, 0.1) is 0 Å². The molecule has 0 radical (unpaired) electrons. The first kappa shape index (κ1) is 26.7. The van der Waals surface area contributed by atoms with E-state index in [0.717, 1.165) is 48.1 Å². The van der Waals surface area contributed by atoms with Crippen molar-refractivity contribution in [2.24, 2.45) is 0 Å². The van der Waals surface area contributed by atoms with Crippen molar-refractivity contribution in [1.29, 1.82) is 0 Å². The van der Waals surface area contributed by atoms with E-state index < -0.39 is 41.7 Å². The van der Waals surface area contributed by atoms with Gasteiger partial charge in [-0.25, -0.2) is 4.79 Å². The quantitative estimate of drug-likeness (QED) is 0.381. The molecule has 10 heteroatoms. The fourth-order valence-electron chi connectivity index (χ4n) is 4.25. The number of nitrogens with zero attached hydrogens (tertiary/aromatic N) is 1. The number of rotatable bonds is 8. The van der Waals surface area contributed by atoms with E-state index >= 15 is 0 Å². The number of carboxylic acid groups (broad SMARTS) is 1. The fraction of sp³-hybridized carbons (Fsp3) is 0.480. The summed E-state index contributed by atoms with van der Waals surface area (Å²) >= 11 is 0. The molecule has 2 aromatic rings. The van der Waals surface area contributed by atoms with E-state index in [0.29, 0.717) is 23.4 Å². The number of carbonyl (C=O) groups is 1. The zero-order chi connectivity index (χ0) is 26.0. The molecule has 35 heavy (non-hydrogen) atoms. The number of ether oxygens (including phenoxy) is 1. The Balaban J connectivity index is 1.97. The largest absolute Gasteiger partial charge is 0.490 e. The molecule has 0 atom stereocenters. The molecule has 0 heterocycles. The maximum atomic E-state index is 13.2. The predicted octanol–water partition coefficient (Wildman–Crippen LogP) is 7.46. The molecule has 0 fully saturated rings. The molecule has 2 aromatic carbocycles. The summed E-state index contributed by atoms with van der Waals surface area (Å²) < 4.78 is 85.5. The van der Waals surface area contributed by atoms with Gasteiger partial charge in [-0.3, -0.25) is 4.90 Å². The Kier molecular flexibility index (Phi) is 7.91. The van der Waals surface area contributed by atoms with Crippen LogP contribution in [0.3, 0.4) is 0 Å². The van der Waals surface area contributed by atoms with Crippen molar-refractivity contribution >= 4 is 6.09 Å². The maximum Gasteiger partial charge on any atom is 0.416 e. The summed E-state index contributed by atoms with van der Waals surface area (Å²) in [7, 11) is 0. The van der Waals surface area contributed by atoms with Crippen LogP contribution >= 0.6 is 0 Å². The van der Waals surface area contributed by atoms with Crippen LogP contribution in [0.2, 0.25) is 0 Å². The van der Waals surface area contributed by atoms with Crippen molar-refractivity contribution in [2.75, 3.05) is 0 Å². The van der Waals surface area contributed by atoms with Gasteiger partial charge < -0.3 is 9.84 Å². The van der Waals surface area contributed by atoms with E-state index in [4.69, 9.17) is 4.74 Å². The number of alkyl halides is 6. The second-order valence-electron chi connectivity index (χ2n) is 8.69. The first-order valence-electron chi connectivity index (χ1n) is 11.4. The molecule has 0 saturated heterocycles. The summed E-state index contributed by atoms with van der Waals surface area (Å²) in [5.74, 6) is 0.491. The van der Waals surface area contributed by atoms with E-state index in [1.807, 2.05) is 26.0 Å². The Morgan fingerprint density at radius 1 is 0.914 bits per heavy atom. The second-order valence-corrected chi connectivity index (χ2v) is 8.69. The van der Waals surface area contributed by atoms with Crippen LogP contribution in [0.5, 0.6) is 5.75 Å². The predicted molar refractivity (Wildman–Crippen MR) is 117 cm³/mol. The molecule has 4 nitrogen and oxygen atoms in total. The minimum absolute atomic E-state index is 0.0245. The van der Waals surface area contributed by atoms with Gasteiger partial charge in [-0.15, -0.1) is 0 Å². The molecule has 3 rings (SSSR count). The molecule has 0 aliphatic heterocycles. The first-order chi connectivity index (χ1) is 16.3. The van der Waals surface area contributed by atoms with Gasteiger partial charge in [0.2, 0.25) is 0 Å². The normalized spacial score (nSPS) is 13.7. The van der Waals surface area contributed by atoms with Crippen LogP contribution in [0.4, 0.5) is 31.1 Å². The number of fused-ring (bicyclic) bond motifs is 1. The first-order valence-corrected chi connectivity index (χ1v) is 11.4. The van der Waals surface area contributed by atoms with Crippen molar-refractivity contribution in [3.05, 3.63) is 63.7 Å². The second kappa shape index (κ2) is 10.4. The number of amides is 1. The van der Waals surface area contributed by atoms with Gasteiger partial charge in [-0.1, -0.05) is 19.9 Å². The Morgan fingerprint density at radius 3 is 1.94 bits per heavy atom. The highest BCUT2D eigenvalue weighted by atomic mass is 19.4. The van der Waals surface area contributed by atoms with Crippen molar-refractivity contribution in [2.45, 2.75) is 77.5 Å². The van der Waals surface area contributed by atoms with E-state index in [2.05, 4.69) is 0 Å². The van der Waals surface area contributed by atoms with Crippen molar-refractivity contribution < 1.29 is 41.0 Å². The highest BCUT2D eigenvalue weighted by Crippen LogP contribution is 2.37. The molecular formula is C25H27F6NO3. The Hall–Kier alpha value is -2.91. The van der Waals surface area contributed by atoms with Crippen LogP contribution < -0.4 is 4.74 Å². The monoisotopic (exact) mass is 503 g/mol. The van der Waals surface area contributed by atoms with Gasteiger partial charge in [0, 0.05) is 12.1 Å². The Bertz CT molecular complexity index is 1030. The summed E-state index contributed by atoms with van der Waals surface area (Å²) in [6.45, 7) is 3.02. The molecule has 0 bridgehead atoms. The lowest BCUT2D eigenvalue weighted by molar-refractivity contribution is -0.143. The zero-order valence-electron chi connectivity index (χ0n) is 19.4. The zero-order valence-corrected chi connectivity index (χ0v) is 19.4. The molecule has 1 aliphatic rings. The molecule has 0 unspecified atom stereocenters. The van der Waals surface area contributed by atoms with E-state index in [-0.39, 0.29) is 18.7 Å². The highest BCUT2D eigenvalue weighted by Gasteiger charge is 2.37. The fourth-order valence-corrected chi connectivity index (χ4v) is 4.25. The smallest absolute Gasteiger partial charge is 0.416 e. The van der Waals surface area contributed by atoms with Crippen molar-refractivity contribution in [3.63, 3.8) is 0 Å². The summed E-state index contributed by atoms with van der Waals surface area (Å²) in [5, 5.41) is 9.75. The van der Waals surface area contributed by atoms with Gasteiger partial charge in [0.1, 0.15) is 5.75 Å². The number of hydrogen-bond donors (Lipinski definition) is 1. The third kappa shape index (κ3) is 6.61. The molecule has 0 saturated carbocycles. The standard InChI is InChI=1S/C25H27F6NO3/c1-3-21(4-2)35-22-11-17-7-5-6-16(17)10-18(22)14-32(23(33)34)13-15-8-19(24(26,27)28)12-20(9-15)25(29,30)31/h8-12,21H,3-7,13-14H2,1-2H3,(H,33,34). The molecule has 192 valence electrons. The molecule has 1 aliphatic carbocycles. The Morgan fingerprint density at radius 2 is 1.46 bits per heavy atom. The lowest BCUT2D eigenvalue weighted by atomic mass is 10.0. The Labute approximate surface area is 199 Å². The van der Waals surface area contributed by atoms with Crippen molar-refractivity contribution in [1.82, 2.24) is 4.90 Å². The van der Waals surface area contributed by atoms with Gasteiger partial charge in [-0.2, -0.15) is 26.3 Å². The van der Waals surface area contributed by atoms with Crippen molar-refractivity contribution in [3.8, 4) is 5.75 Å².